The van der Waals surface area contributed by atoms with Crippen molar-refractivity contribution >= 4 is 22.8 Å². The van der Waals surface area contributed by atoms with Gasteiger partial charge in [0.05, 0.1) is 17.5 Å². The minimum absolute atomic E-state index is 0.0859. The standard InChI is InChI=1S/C17H22N6O/c1-11-5-7-23(17(24)12(2)8-18)9-14(11)22(3)16-13-4-6-19-15(13)20-10-21-16/h4,6,10-12,14H,5,7,9H2,1-3H3,(H,19,20,21)/t11-,12?,14+/m1/s1. The normalized spacial score (nSPS) is 22.2. The predicted molar refractivity (Wildman–Crippen MR) is 91.2 cm³/mol. The van der Waals surface area contributed by atoms with Gasteiger partial charge in [0.2, 0.25) is 5.91 Å². The molecule has 1 fully saturated rings. The minimum Gasteiger partial charge on any atom is -0.354 e. The first-order valence-electron chi connectivity index (χ1n) is 8.22. The fourth-order valence-electron chi connectivity index (χ4n) is 3.38. The quantitative estimate of drug-likeness (QED) is 0.929. The van der Waals surface area contributed by atoms with Gasteiger partial charge < -0.3 is 14.8 Å². The Labute approximate surface area is 141 Å². The van der Waals surface area contributed by atoms with E-state index in [1.54, 1.807) is 13.3 Å². The first-order chi connectivity index (χ1) is 11.5. The molecule has 3 heterocycles. The van der Waals surface area contributed by atoms with Crippen LogP contribution in [0, 0.1) is 23.2 Å². The van der Waals surface area contributed by atoms with E-state index in [1.165, 1.54) is 0 Å². The SMILES string of the molecule is CC(C#N)C(=O)N1CC[C@@H](C)[C@@H](N(C)c2ncnc3[nH]ccc23)C1. The molecule has 1 aliphatic heterocycles. The van der Waals surface area contributed by atoms with Crippen LogP contribution in [-0.2, 0) is 4.79 Å². The molecule has 1 amide bonds. The molecule has 1 N–H and O–H groups in total. The van der Waals surface area contributed by atoms with E-state index in [4.69, 9.17) is 5.26 Å². The molecule has 3 rings (SSSR count). The van der Waals surface area contributed by atoms with E-state index in [9.17, 15) is 4.79 Å². The molecule has 0 saturated carbocycles. The smallest absolute Gasteiger partial charge is 0.239 e. The molecule has 2 aromatic heterocycles. The molecular formula is C17H22N6O. The summed E-state index contributed by atoms with van der Waals surface area (Å²) in [4.78, 5) is 28.1. The number of hydrogen-bond donors (Lipinski definition) is 1. The average Bonchev–Trinajstić information content (AvgIpc) is 3.09. The highest BCUT2D eigenvalue weighted by molar-refractivity contribution is 5.87. The van der Waals surface area contributed by atoms with E-state index < -0.39 is 5.92 Å². The monoisotopic (exact) mass is 326 g/mol. The van der Waals surface area contributed by atoms with Crippen LogP contribution in [-0.4, -0.2) is 51.9 Å². The number of amides is 1. The van der Waals surface area contributed by atoms with Crippen molar-refractivity contribution in [2.24, 2.45) is 11.8 Å². The molecule has 24 heavy (non-hydrogen) atoms. The molecule has 3 atom stereocenters. The number of nitrogens with zero attached hydrogens (tertiary/aromatic N) is 5. The van der Waals surface area contributed by atoms with Crippen LogP contribution in [0.15, 0.2) is 18.6 Å². The van der Waals surface area contributed by atoms with E-state index in [-0.39, 0.29) is 11.9 Å². The number of nitrogens with one attached hydrogen (secondary N) is 1. The van der Waals surface area contributed by atoms with Gasteiger partial charge in [-0.15, -0.1) is 0 Å². The number of anilines is 1. The lowest BCUT2D eigenvalue weighted by Gasteiger charge is -2.42. The Kier molecular flexibility index (Phi) is 4.38. The third-order valence-electron chi connectivity index (χ3n) is 4.96. The van der Waals surface area contributed by atoms with Crippen LogP contribution in [0.3, 0.4) is 0 Å². The van der Waals surface area contributed by atoms with Crippen molar-refractivity contribution in [1.82, 2.24) is 19.9 Å². The van der Waals surface area contributed by atoms with Crippen molar-refractivity contribution in [3.8, 4) is 6.07 Å². The van der Waals surface area contributed by atoms with Crippen LogP contribution in [0.5, 0.6) is 0 Å². The highest BCUT2D eigenvalue weighted by Crippen LogP contribution is 2.29. The molecule has 0 bridgehead atoms. The number of piperidine rings is 1. The van der Waals surface area contributed by atoms with Gasteiger partial charge in [-0.25, -0.2) is 9.97 Å². The van der Waals surface area contributed by atoms with Crippen molar-refractivity contribution in [2.75, 3.05) is 25.0 Å². The van der Waals surface area contributed by atoms with E-state index in [0.29, 0.717) is 19.0 Å². The Morgan fingerprint density at radius 3 is 3.08 bits per heavy atom. The summed E-state index contributed by atoms with van der Waals surface area (Å²) in [5, 5.41) is 9.98. The highest BCUT2D eigenvalue weighted by Gasteiger charge is 2.34. The minimum atomic E-state index is -0.597. The largest absolute Gasteiger partial charge is 0.354 e. The van der Waals surface area contributed by atoms with Crippen molar-refractivity contribution in [3.05, 3.63) is 18.6 Å². The zero-order valence-corrected chi connectivity index (χ0v) is 14.2. The molecule has 0 aromatic carbocycles. The first kappa shape index (κ1) is 16.2. The van der Waals surface area contributed by atoms with Crippen LogP contribution < -0.4 is 4.90 Å². The summed E-state index contributed by atoms with van der Waals surface area (Å²) in [7, 11) is 2.01. The van der Waals surface area contributed by atoms with E-state index in [0.717, 1.165) is 23.3 Å². The van der Waals surface area contributed by atoms with Crippen molar-refractivity contribution in [3.63, 3.8) is 0 Å². The third kappa shape index (κ3) is 2.80. The summed E-state index contributed by atoms with van der Waals surface area (Å²) >= 11 is 0. The highest BCUT2D eigenvalue weighted by atomic mass is 16.2. The van der Waals surface area contributed by atoms with Crippen molar-refractivity contribution in [2.45, 2.75) is 26.3 Å². The molecule has 1 aliphatic rings. The number of likely N-dealkylation sites (N-methyl/N-ethyl adjacent to an activating group) is 1. The number of carbonyl (C=O) groups excluding carboxylic acids is 1. The number of aromatic nitrogens is 3. The number of hydrogen-bond acceptors (Lipinski definition) is 5. The topological polar surface area (TPSA) is 88.9 Å². The summed E-state index contributed by atoms with van der Waals surface area (Å²) in [6.45, 7) is 5.18. The molecule has 0 spiro atoms. The summed E-state index contributed by atoms with van der Waals surface area (Å²) in [6, 6.07) is 4.16. The Morgan fingerprint density at radius 1 is 1.54 bits per heavy atom. The second-order valence-electron chi connectivity index (χ2n) is 6.52. The molecule has 1 saturated heterocycles. The fourth-order valence-corrected chi connectivity index (χ4v) is 3.38. The van der Waals surface area contributed by atoms with E-state index in [2.05, 4.69) is 26.8 Å². The molecule has 7 heteroatoms. The summed E-state index contributed by atoms with van der Waals surface area (Å²) in [5.74, 6) is 0.609. The summed E-state index contributed by atoms with van der Waals surface area (Å²) < 4.78 is 0. The fraction of sp³-hybridized carbons (Fsp3) is 0.529. The van der Waals surface area contributed by atoms with E-state index in [1.807, 2.05) is 30.3 Å². The third-order valence-corrected chi connectivity index (χ3v) is 4.96. The summed E-state index contributed by atoms with van der Waals surface area (Å²) in [5.41, 5.74) is 0.807. The van der Waals surface area contributed by atoms with Gasteiger partial charge in [-0.05, 0) is 25.3 Å². The maximum Gasteiger partial charge on any atom is 0.239 e. The number of likely N-dealkylation sites (tertiary alicyclic amines) is 1. The number of nitriles is 1. The zero-order chi connectivity index (χ0) is 17.3. The number of rotatable bonds is 3. The number of H-pyrrole nitrogens is 1. The number of aromatic amines is 1. The molecule has 1 unspecified atom stereocenters. The van der Waals surface area contributed by atoms with Crippen LogP contribution in [0.1, 0.15) is 20.3 Å². The first-order valence-corrected chi connectivity index (χ1v) is 8.22. The lowest BCUT2D eigenvalue weighted by Crippen LogP contribution is -2.53. The molecule has 7 nitrogen and oxygen atoms in total. The van der Waals surface area contributed by atoms with Crippen molar-refractivity contribution in [1.29, 1.82) is 5.26 Å². The molecule has 0 radical (unpaired) electrons. The van der Waals surface area contributed by atoms with Gasteiger partial charge in [-0.1, -0.05) is 6.92 Å². The van der Waals surface area contributed by atoms with Crippen LogP contribution in [0.2, 0.25) is 0 Å². The van der Waals surface area contributed by atoms with Crippen LogP contribution in [0.4, 0.5) is 5.82 Å². The molecular weight excluding hydrogens is 304 g/mol. The van der Waals surface area contributed by atoms with Gasteiger partial charge in [-0.3, -0.25) is 4.79 Å². The van der Waals surface area contributed by atoms with Gasteiger partial charge in [-0.2, -0.15) is 5.26 Å². The Bertz CT molecular complexity index is 779. The van der Waals surface area contributed by atoms with Crippen molar-refractivity contribution < 1.29 is 4.79 Å². The van der Waals surface area contributed by atoms with Gasteiger partial charge >= 0.3 is 0 Å². The number of fused-ring (bicyclic) bond motifs is 1. The zero-order valence-electron chi connectivity index (χ0n) is 14.2. The Morgan fingerprint density at radius 2 is 2.33 bits per heavy atom. The van der Waals surface area contributed by atoms with Gasteiger partial charge in [0, 0.05) is 26.3 Å². The number of carbonyl (C=O) groups is 1. The van der Waals surface area contributed by atoms with Crippen LogP contribution in [0.25, 0.3) is 11.0 Å². The van der Waals surface area contributed by atoms with Gasteiger partial charge in [0.15, 0.2) is 0 Å². The molecule has 2 aromatic rings. The predicted octanol–water partition coefficient (Wildman–Crippen LogP) is 1.79. The lowest BCUT2D eigenvalue weighted by molar-refractivity contribution is -0.135. The Hall–Kier alpha value is -2.62. The second-order valence-corrected chi connectivity index (χ2v) is 6.52. The second kappa shape index (κ2) is 6.48. The summed E-state index contributed by atoms with van der Waals surface area (Å²) in [6.07, 6.45) is 4.32. The maximum absolute atomic E-state index is 12.4. The van der Waals surface area contributed by atoms with Crippen LogP contribution >= 0.6 is 0 Å². The maximum atomic E-state index is 12.4. The average molecular weight is 326 g/mol. The van der Waals surface area contributed by atoms with E-state index >= 15 is 0 Å². The Balaban J connectivity index is 1.85. The van der Waals surface area contributed by atoms with Gasteiger partial charge in [0.1, 0.15) is 23.7 Å². The lowest BCUT2D eigenvalue weighted by atomic mass is 9.91. The van der Waals surface area contributed by atoms with Gasteiger partial charge in [0.25, 0.3) is 0 Å². The molecule has 126 valence electrons. The molecule has 0 aliphatic carbocycles.